The Morgan fingerprint density at radius 1 is 1.23 bits per heavy atom. The highest BCUT2D eigenvalue weighted by Gasteiger charge is 2.11. The monoisotopic (exact) mass is 203 g/mol. The molecule has 0 aliphatic rings. The van der Waals surface area contributed by atoms with E-state index in [0.717, 1.165) is 23.9 Å². The first-order valence-corrected chi connectivity index (χ1v) is 4.80. The zero-order valence-corrected chi connectivity index (χ0v) is 8.29. The second kappa shape index (κ2) is 3.96. The Balaban J connectivity index is 3.06. The molecule has 0 aliphatic carbocycles. The van der Waals surface area contributed by atoms with Gasteiger partial charge in [0.2, 0.25) is 0 Å². The van der Waals surface area contributed by atoms with E-state index >= 15 is 0 Å². The number of anilines is 1. The first-order valence-electron chi connectivity index (χ1n) is 3.92. The Labute approximate surface area is 80.3 Å². The van der Waals surface area contributed by atoms with Gasteiger partial charge >= 0.3 is 0 Å². The molecular weight excluding hydrogens is 192 g/mol. The predicted octanol–water partition coefficient (Wildman–Crippen LogP) is 3.05. The number of nitrogen functional groups attached to an aromatic ring is 1. The van der Waals surface area contributed by atoms with Crippen LogP contribution in [0.2, 0.25) is 0 Å². The summed E-state index contributed by atoms with van der Waals surface area (Å²) >= 11 is 1.15. The van der Waals surface area contributed by atoms with Crippen LogP contribution in [0.1, 0.15) is 13.8 Å². The molecule has 0 radical (unpaired) electrons. The Kier molecular flexibility index (Phi) is 3.14. The molecule has 0 aliphatic heterocycles. The Morgan fingerprint density at radius 3 is 2.08 bits per heavy atom. The minimum Gasteiger partial charge on any atom is -0.399 e. The fourth-order valence-corrected chi connectivity index (χ4v) is 1.74. The molecule has 1 aromatic rings. The maximum Gasteiger partial charge on any atom is 0.141 e. The summed E-state index contributed by atoms with van der Waals surface area (Å²) in [6.07, 6.45) is 0. The van der Waals surface area contributed by atoms with Gasteiger partial charge in [-0.3, -0.25) is 0 Å². The number of halogens is 2. The summed E-state index contributed by atoms with van der Waals surface area (Å²) in [4.78, 5) is 0.0456. The summed E-state index contributed by atoms with van der Waals surface area (Å²) in [6, 6.07) is 2.27. The standard InChI is InChI=1S/C9H11F2NS/c1-5(2)13-9-7(10)3-6(12)4-8(9)11/h3-5H,12H2,1-2H3. The van der Waals surface area contributed by atoms with E-state index in [9.17, 15) is 8.78 Å². The van der Waals surface area contributed by atoms with Crippen molar-refractivity contribution in [3.63, 3.8) is 0 Å². The summed E-state index contributed by atoms with van der Waals surface area (Å²) in [6.45, 7) is 3.75. The third-order valence-corrected chi connectivity index (χ3v) is 2.47. The Hall–Kier alpha value is -0.770. The quantitative estimate of drug-likeness (QED) is 0.590. The van der Waals surface area contributed by atoms with Gasteiger partial charge in [0.25, 0.3) is 0 Å². The molecule has 0 atom stereocenters. The fourth-order valence-electron chi connectivity index (χ4n) is 0.928. The number of rotatable bonds is 2. The summed E-state index contributed by atoms with van der Waals surface area (Å²) in [5.41, 5.74) is 5.38. The van der Waals surface area contributed by atoms with Crippen molar-refractivity contribution in [1.82, 2.24) is 0 Å². The van der Waals surface area contributed by atoms with Crippen molar-refractivity contribution in [3.05, 3.63) is 23.8 Å². The third kappa shape index (κ3) is 2.59. The normalized spacial score (nSPS) is 10.8. The minimum atomic E-state index is -0.587. The van der Waals surface area contributed by atoms with Crippen LogP contribution in [-0.4, -0.2) is 5.25 Å². The van der Waals surface area contributed by atoms with Crippen molar-refractivity contribution in [2.75, 3.05) is 5.73 Å². The van der Waals surface area contributed by atoms with Gasteiger partial charge < -0.3 is 5.73 Å². The molecule has 0 fully saturated rings. The van der Waals surface area contributed by atoms with Crippen LogP contribution in [0, 0.1) is 11.6 Å². The molecule has 0 unspecified atom stereocenters. The van der Waals surface area contributed by atoms with Crippen LogP contribution in [0.25, 0.3) is 0 Å². The minimum absolute atomic E-state index is 0.0456. The van der Waals surface area contributed by atoms with Gasteiger partial charge in [0.05, 0.1) is 4.90 Å². The van der Waals surface area contributed by atoms with Crippen molar-refractivity contribution >= 4 is 17.4 Å². The van der Waals surface area contributed by atoms with Crippen LogP contribution in [-0.2, 0) is 0 Å². The summed E-state index contributed by atoms with van der Waals surface area (Å²) < 4.78 is 26.3. The van der Waals surface area contributed by atoms with E-state index in [1.807, 2.05) is 13.8 Å². The molecule has 72 valence electrons. The van der Waals surface area contributed by atoms with Crippen molar-refractivity contribution < 1.29 is 8.78 Å². The van der Waals surface area contributed by atoms with Crippen molar-refractivity contribution in [3.8, 4) is 0 Å². The van der Waals surface area contributed by atoms with Crippen molar-refractivity contribution in [2.45, 2.75) is 24.0 Å². The van der Waals surface area contributed by atoms with Gasteiger partial charge in [-0.1, -0.05) is 13.8 Å². The van der Waals surface area contributed by atoms with Gasteiger partial charge in [0.15, 0.2) is 0 Å². The number of nitrogens with two attached hydrogens (primary N) is 1. The molecule has 0 heterocycles. The maximum absolute atomic E-state index is 13.1. The second-order valence-electron chi connectivity index (χ2n) is 2.98. The Bertz CT molecular complexity index is 289. The highest BCUT2D eigenvalue weighted by Crippen LogP contribution is 2.29. The van der Waals surface area contributed by atoms with Gasteiger partial charge in [-0.2, -0.15) is 0 Å². The van der Waals surface area contributed by atoms with Gasteiger partial charge in [-0.15, -0.1) is 11.8 Å². The van der Waals surface area contributed by atoms with E-state index in [-0.39, 0.29) is 15.8 Å². The van der Waals surface area contributed by atoms with Gasteiger partial charge in [-0.05, 0) is 12.1 Å². The van der Waals surface area contributed by atoms with E-state index in [1.54, 1.807) is 0 Å². The van der Waals surface area contributed by atoms with Crippen LogP contribution >= 0.6 is 11.8 Å². The molecule has 2 N–H and O–H groups in total. The van der Waals surface area contributed by atoms with Crippen LogP contribution in [0.5, 0.6) is 0 Å². The van der Waals surface area contributed by atoms with E-state index in [0.29, 0.717) is 0 Å². The van der Waals surface area contributed by atoms with Gasteiger partial charge in [0.1, 0.15) is 11.6 Å². The summed E-state index contributed by atoms with van der Waals surface area (Å²) in [5.74, 6) is -1.17. The van der Waals surface area contributed by atoms with Gasteiger partial charge in [0, 0.05) is 10.9 Å². The van der Waals surface area contributed by atoms with Crippen LogP contribution in [0.3, 0.4) is 0 Å². The number of hydrogen-bond donors (Lipinski definition) is 1. The first kappa shape index (κ1) is 10.3. The zero-order valence-electron chi connectivity index (χ0n) is 7.47. The molecular formula is C9H11F2NS. The molecule has 0 saturated carbocycles. The molecule has 4 heteroatoms. The highest BCUT2D eigenvalue weighted by molar-refractivity contribution is 7.99. The van der Waals surface area contributed by atoms with Crippen LogP contribution in [0.15, 0.2) is 17.0 Å². The van der Waals surface area contributed by atoms with Crippen LogP contribution < -0.4 is 5.73 Å². The predicted molar refractivity (Wildman–Crippen MR) is 51.8 cm³/mol. The molecule has 0 amide bonds. The molecule has 0 aromatic heterocycles. The lowest BCUT2D eigenvalue weighted by Gasteiger charge is -2.07. The molecule has 1 rings (SSSR count). The van der Waals surface area contributed by atoms with E-state index in [4.69, 9.17) is 5.73 Å². The van der Waals surface area contributed by atoms with Crippen molar-refractivity contribution in [2.24, 2.45) is 0 Å². The fraction of sp³-hybridized carbons (Fsp3) is 0.333. The van der Waals surface area contributed by atoms with Crippen molar-refractivity contribution in [1.29, 1.82) is 0 Å². The first-order chi connectivity index (χ1) is 6.00. The lowest BCUT2D eigenvalue weighted by molar-refractivity contribution is 0.541. The van der Waals surface area contributed by atoms with E-state index < -0.39 is 11.6 Å². The lowest BCUT2D eigenvalue weighted by atomic mass is 10.3. The number of thioether (sulfide) groups is 1. The average Bonchev–Trinajstić information content (AvgIpc) is 1.96. The van der Waals surface area contributed by atoms with E-state index in [2.05, 4.69) is 0 Å². The zero-order chi connectivity index (χ0) is 10.0. The van der Waals surface area contributed by atoms with E-state index in [1.165, 1.54) is 0 Å². The largest absolute Gasteiger partial charge is 0.399 e. The maximum atomic E-state index is 13.1. The highest BCUT2D eigenvalue weighted by atomic mass is 32.2. The lowest BCUT2D eigenvalue weighted by Crippen LogP contribution is -1.96. The Morgan fingerprint density at radius 2 is 1.69 bits per heavy atom. The molecule has 0 spiro atoms. The smallest absolute Gasteiger partial charge is 0.141 e. The second-order valence-corrected chi connectivity index (χ2v) is 4.57. The number of hydrogen-bond acceptors (Lipinski definition) is 2. The third-order valence-electron chi connectivity index (χ3n) is 1.37. The van der Waals surface area contributed by atoms with Crippen LogP contribution in [0.4, 0.5) is 14.5 Å². The van der Waals surface area contributed by atoms with Gasteiger partial charge in [-0.25, -0.2) is 8.78 Å². The number of benzene rings is 1. The molecule has 13 heavy (non-hydrogen) atoms. The SMILES string of the molecule is CC(C)Sc1c(F)cc(N)cc1F. The molecule has 0 bridgehead atoms. The topological polar surface area (TPSA) is 26.0 Å². The molecule has 1 aromatic carbocycles. The summed E-state index contributed by atoms with van der Waals surface area (Å²) in [5, 5.41) is 0.146. The average molecular weight is 203 g/mol. The molecule has 1 nitrogen and oxygen atoms in total. The summed E-state index contributed by atoms with van der Waals surface area (Å²) in [7, 11) is 0. The molecule has 0 saturated heterocycles.